The monoisotopic (exact) mass is 413 g/mol. The van der Waals surface area contributed by atoms with Crippen molar-refractivity contribution in [2.24, 2.45) is 0 Å². The van der Waals surface area contributed by atoms with Gasteiger partial charge in [-0.05, 0) is 59.5 Å². The van der Waals surface area contributed by atoms with Crippen molar-refractivity contribution in [2.75, 3.05) is 6.54 Å². The van der Waals surface area contributed by atoms with Crippen LogP contribution in [0, 0.1) is 0 Å². The van der Waals surface area contributed by atoms with Crippen molar-refractivity contribution in [2.45, 2.75) is 31.3 Å². The van der Waals surface area contributed by atoms with Crippen LogP contribution in [0.15, 0.2) is 60.7 Å². The van der Waals surface area contributed by atoms with Crippen molar-refractivity contribution < 1.29 is 9.90 Å². The fourth-order valence-electron chi connectivity index (χ4n) is 4.18. The molecule has 2 unspecified atom stereocenters. The van der Waals surface area contributed by atoms with Crippen molar-refractivity contribution in [1.29, 1.82) is 0 Å². The zero-order valence-corrected chi connectivity index (χ0v) is 16.8. The molecule has 144 valence electrons. The van der Waals surface area contributed by atoms with E-state index in [1.165, 1.54) is 0 Å². The number of piperidine rings is 1. The van der Waals surface area contributed by atoms with Crippen molar-refractivity contribution in [3.8, 4) is 0 Å². The van der Waals surface area contributed by atoms with Gasteiger partial charge in [0.15, 0.2) is 0 Å². The number of aliphatic carboxylic acids is 1. The molecule has 0 spiro atoms. The molecule has 28 heavy (non-hydrogen) atoms. The van der Waals surface area contributed by atoms with Crippen LogP contribution in [0.1, 0.15) is 36.4 Å². The molecule has 0 bridgehead atoms. The van der Waals surface area contributed by atoms with E-state index >= 15 is 0 Å². The Bertz CT molecular complexity index is 1020. The average molecular weight is 414 g/mol. The first-order valence-electron chi connectivity index (χ1n) is 9.47. The van der Waals surface area contributed by atoms with Gasteiger partial charge in [0.05, 0.1) is 6.04 Å². The first-order valence-corrected chi connectivity index (χ1v) is 10.2. The van der Waals surface area contributed by atoms with E-state index < -0.39 is 12.0 Å². The van der Waals surface area contributed by atoms with E-state index in [0.717, 1.165) is 34.7 Å². The number of carbonyl (C=O) groups is 1. The molecule has 3 nitrogen and oxygen atoms in total. The largest absolute Gasteiger partial charge is 0.480 e. The Kier molecular flexibility index (Phi) is 5.58. The Labute approximate surface area is 174 Å². The summed E-state index contributed by atoms with van der Waals surface area (Å²) in [5.74, 6) is -0.782. The van der Waals surface area contributed by atoms with Crippen LogP contribution in [-0.2, 0) is 4.79 Å². The van der Waals surface area contributed by atoms with E-state index in [0.29, 0.717) is 23.0 Å². The summed E-state index contributed by atoms with van der Waals surface area (Å²) in [6.07, 6.45) is 2.54. The predicted octanol–water partition coefficient (Wildman–Crippen LogP) is 6.18. The number of hydrogen-bond acceptors (Lipinski definition) is 2. The molecule has 5 heteroatoms. The van der Waals surface area contributed by atoms with Crippen molar-refractivity contribution in [3.63, 3.8) is 0 Å². The number of carboxylic acids is 1. The highest BCUT2D eigenvalue weighted by atomic mass is 35.5. The maximum absolute atomic E-state index is 12.0. The molecule has 1 fully saturated rings. The van der Waals surface area contributed by atoms with Crippen LogP contribution in [0.25, 0.3) is 10.8 Å². The van der Waals surface area contributed by atoms with E-state index in [9.17, 15) is 9.90 Å². The minimum Gasteiger partial charge on any atom is -0.480 e. The van der Waals surface area contributed by atoms with Crippen LogP contribution in [0.2, 0.25) is 10.0 Å². The van der Waals surface area contributed by atoms with Gasteiger partial charge >= 0.3 is 5.97 Å². The molecule has 2 atom stereocenters. The summed E-state index contributed by atoms with van der Waals surface area (Å²) in [5, 5.41) is 13.2. The zero-order valence-electron chi connectivity index (χ0n) is 15.3. The summed E-state index contributed by atoms with van der Waals surface area (Å²) in [5.41, 5.74) is 1.92. The highest BCUT2D eigenvalue weighted by molar-refractivity contribution is 6.35. The number of fused-ring (bicyclic) bond motifs is 1. The van der Waals surface area contributed by atoms with Crippen LogP contribution < -0.4 is 0 Å². The Morgan fingerprint density at radius 1 is 1.00 bits per heavy atom. The fraction of sp³-hybridized carbons (Fsp3) is 0.261. The lowest BCUT2D eigenvalue weighted by Gasteiger charge is -2.40. The second kappa shape index (κ2) is 8.12. The Morgan fingerprint density at radius 2 is 1.79 bits per heavy atom. The van der Waals surface area contributed by atoms with Crippen molar-refractivity contribution in [1.82, 2.24) is 4.90 Å². The molecule has 3 aromatic rings. The Morgan fingerprint density at radius 3 is 2.54 bits per heavy atom. The highest BCUT2D eigenvalue weighted by Crippen LogP contribution is 2.39. The molecule has 1 saturated heterocycles. The standard InChI is InChI=1S/C23H21Cl2NO2/c24-18-10-11-19(20(25)14-18)22(26-12-4-3-7-21(26)23(27)28)17-9-8-15-5-1-2-6-16(15)13-17/h1-2,5-6,8-11,13-14,21-22H,3-4,7,12H2,(H,27,28). The number of nitrogens with zero attached hydrogens (tertiary/aromatic N) is 1. The first kappa shape index (κ1) is 19.3. The van der Waals surface area contributed by atoms with Gasteiger partial charge in [-0.15, -0.1) is 0 Å². The molecule has 0 aromatic heterocycles. The number of benzene rings is 3. The van der Waals surface area contributed by atoms with Crippen LogP contribution >= 0.6 is 23.2 Å². The maximum Gasteiger partial charge on any atom is 0.320 e. The van der Waals surface area contributed by atoms with Crippen LogP contribution in [0.4, 0.5) is 0 Å². The Hall–Kier alpha value is -2.07. The van der Waals surface area contributed by atoms with Crippen molar-refractivity contribution >= 4 is 39.9 Å². The quantitative estimate of drug-likeness (QED) is 0.555. The third kappa shape index (κ3) is 3.75. The molecule has 0 amide bonds. The number of carboxylic acid groups (broad SMARTS) is 1. The van der Waals surface area contributed by atoms with Gasteiger partial charge in [-0.2, -0.15) is 0 Å². The second-order valence-corrected chi connectivity index (χ2v) is 8.11. The molecule has 4 rings (SSSR count). The molecule has 1 aliphatic heterocycles. The summed E-state index contributed by atoms with van der Waals surface area (Å²) in [7, 11) is 0. The van der Waals surface area contributed by atoms with Gasteiger partial charge in [-0.3, -0.25) is 9.69 Å². The first-order chi connectivity index (χ1) is 13.5. The molecule has 0 saturated carbocycles. The summed E-state index contributed by atoms with van der Waals surface area (Å²) in [6, 6.07) is 19.2. The maximum atomic E-state index is 12.0. The lowest BCUT2D eigenvalue weighted by molar-refractivity contribution is -0.145. The SMILES string of the molecule is O=C(O)C1CCCCN1C(c1ccc2ccccc2c1)c1ccc(Cl)cc1Cl. The van der Waals surface area contributed by atoms with Gasteiger partial charge in [0.25, 0.3) is 0 Å². The average Bonchev–Trinajstić information content (AvgIpc) is 2.70. The Balaban J connectivity index is 1.88. The highest BCUT2D eigenvalue weighted by Gasteiger charge is 2.36. The van der Waals surface area contributed by atoms with Crippen LogP contribution in [-0.4, -0.2) is 28.6 Å². The number of halogens is 2. The van der Waals surface area contributed by atoms with Gasteiger partial charge in [0.2, 0.25) is 0 Å². The van der Waals surface area contributed by atoms with E-state index in [1.807, 2.05) is 24.3 Å². The predicted molar refractivity (Wildman–Crippen MR) is 114 cm³/mol. The molecule has 0 radical (unpaired) electrons. The second-order valence-electron chi connectivity index (χ2n) is 7.26. The topological polar surface area (TPSA) is 40.5 Å². The number of hydrogen-bond donors (Lipinski definition) is 1. The zero-order chi connectivity index (χ0) is 19.7. The third-order valence-electron chi connectivity index (χ3n) is 5.51. The van der Waals surface area contributed by atoms with Gasteiger partial charge in [0, 0.05) is 10.0 Å². The molecule has 0 aliphatic carbocycles. The molecular weight excluding hydrogens is 393 g/mol. The molecule has 1 N–H and O–H groups in total. The van der Waals surface area contributed by atoms with E-state index in [4.69, 9.17) is 23.2 Å². The van der Waals surface area contributed by atoms with E-state index in [2.05, 4.69) is 35.2 Å². The smallest absolute Gasteiger partial charge is 0.320 e. The number of rotatable bonds is 4. The summed E-state index contributed by atoms with van der Waals surface area (Å²) in [6.45, 7) is 0.716. The van der Waals surface area contributed by atoms with Gasteiger partial charge < -0.3 is 5.11 Å². The summed E-state index contributed by atoms with van der Waals surface area (Å²) in [4.78, 5) is 14.1. The van der Waals surface area contributed by atoms with E-state index in [1.54, 1.807) is 6.07 Å². The van der Waals surface area contributed by atoms with Gasteiger partial charge in [-0.25, -0.2) is 0 Å². The lowest BCUT2D eigenvalue weighted by Crippen LogP contribution is -2.46. The minimum absolute atomic E-state index is 0.240. The summed E-state index contributed by atoms with van der Waals surface area (Å²) < 4.78 is 0. The molecular formula is C23H21Cl2NO2. The molecule has 1 aliphatic rings. The minimum atomic E-state index is -0.782. The van der Waals surface area contributed by atoms with Gasteiger partial charge in [0.1, 0.15) is 6.04 Å². The van der Waals surface area contributed by atoms with Crippen LogP contribution in [0.5, 0.6) is 0 Å². The number of likely N-dealkylation sites (tertiary alicyclic amines) is 1. The molecule has 1 heterocycles. The normalized spacial score (nSPS) is 18.9. The van der Waals surface area contributed by atoms with Gasteiger partial charge in [-0.1, -0.05) is 72.1 Å². The third-order valence-corrected chi connectivity index (χ3v) is 6.07. The fourth-order valence-corrected chi connectivity index (χ4v) is 4.69. The van der Waals surface area contributed by atoms with Crippen molar-refractivity contribution in [3.05, 3.63) is 81.8 Å². The van der Waals surface area contributed by atoms with E-state index in [-0.39, 0.29) is 6.04 Å². The summed E-state index contributed by atoms with van der Waals surface area (Å²) >= 11 is 12.7. The molecule has 3 aromatic carbocycles. The van der Waals surface area contributed by atoms with Crippen LogP contribution in [0.3, 0.4) is 0 Å². The lowest BCUT2D eigenvalue weighted by atomic mass is 9.90.